The third kappa shape index (κ3) is 5.19. The van der Waals surface area contributed by atoms with Gasteiger partial charge in [-0.1, -0.05) is 37.3 Å². The Labute approximate surface area is 161 Å². The molecule has 0 aromatic heterocycles. The Hall–Kier alpha value is -2.12. The van der Waals surface area contributed by atoms with Crippen molar-refractivity contribution in [3.05, 3.63) is 59.7 Å². The molecule has 2 aromatic carbocycles. The van der Waals surface area contributed by atoms with Crippen LogP contribution in [-0.4, -0.2) is 26.8 Å². The molecule has 0 unspecified atom stereocenters. The molecule has 5 nitrogen and oxygen atoms in total. The summed E-state index contributed by atoms with van der Waals surface area (Å²) in [6.45, 7) is 4.19. The van der Waals surface area contributed by atoms with Crippen LogP contribution in [0.15, 0.2) is 48.5 Å². The van der Waals surface area contributed by atoms with E-state index in [1.54, 1.807) is 18.2 Å². The Kier molecular flexibility index (Phi) is 6.61. The summed E-state index contributed by atoms with van der Waals surface area (Å²) in [4.78, 5) is 0. The van der Waals surface area contributed by atoms with Crippen LogP contribution in [0.25, 0.3) is 0 Å². The number of nitrogens with one attached hydrogen (secondary N) is 2. The highest BCUT2D eigenvalue weighted by Crippen LogP contribution is 2.22. The number of nitrogens with zero attached hydrogens (tertiary/aromatic N) is 1. The van der Waals surface area contributed by atoms with E-state index in [9.17, 15) is 8.42 Å². The van der Waals surface area contributed by atoms with Crippen LogP contribution in [0, 0.1) is 6.92 Å². The summed E-state index contributed by atoms with van der Waals surface area (Å²) in [5, 5.41) is 6.98. The van der Waals surface area contributed by atoms with E-state index in [2.05, 4.69) is 36.6 Å². The molecule has 0 aliphatic heterocycles. The van der Waals surface area contributed by atoms with Crippen LogP contribution in [0.2, 0.25) is 0 Å². The number of anilines is 2. The summed E-state index contributed by atoms with van der Waals surface area (Å²) in [6, 6.07) is 15.5. The van der Waals surface area contributed by atoms with Gasteiger partial charge in [0.05, 0.1) is 18.0 Å². The number of hydrogen-bond donors (Lipinski definition) is 2. The minimum atomic E-state index is -3.31. The molecule has 0 amide bonds. The number of thiocarbonyl (C=S) groups is 1. The van der Waals surface area contributed by atoms with E-state index in [0.717, 1.165) is 12.1 Å². The molecule has 0 saturated carbocycles. The van der Waals surface area contributed by atoms with Gasteiger partial charge in [0.15, 0.2) is 5.11 Å². The lowest BCUT2D eigenvalue weighted by molar-refractivity contribution is 0.600. The lowest BCUT2D eigenvalue weighted by Crippen LogP contribution is -2.32. The summed E-state index contributed by atoms with van der Waals surface area (Å²) in [7, 11) is -1.78. The van der Waals surface area contributed by atoms with E-state index in [1.807, 2.05) is 18.2 Å². The van der Waals surface area contributed by atoms with E-state index in [4.69, 9.17) is 12.2 Å². The molecule has 0 heterocycles. The van der Waals surface area contributed by atoms with Crippen LogP contribution in [-0.2, 0) is 10.0 Å². The Morgan fingerprint density at radius 2 is 1.88 bits per heavy atom. The van der Waals surface area contributed by atoms with Gasteiger partial charge in [0, 0.05) is 12.7 Å². The molecule has 0 radical (unpaired) electrons. The van der Waals surface area contributed by atoms with Crippen LogP contribution in [0.5, 0.6) is 0 Å². The van der Waals surface area contributed by atoms with E-state index in [-0.39, 0.29) is 6.04 Å². The van der Waals surface area contributed by atoms with Crippen molar-refractivity contribution in [1.82, 2.24) is 5.32 Å². The average molecular weight is 392 g/mol. The van der Waals surface area contributed by atoms with Crippen molar-refractivity contribution >= 4 is 38.7 Å². The molecule has 140 valence electrons. The highest BCUT2D eigenvalue weighted by molar-refractivity contribution is 7.92. The van der Waals surface area contributed by atoms with Crippen molar-refractivity contribution in [2.24, 2.45) is 0 Å². The van der Waals surface area contributed by atoms with E-state index >= 15 is 0 Å². The topological polar surface area (TPSA) is 61.4 Å². The number of rotatable bonds is 6. The maximum absolute atomic E-state index is 11.7. The van der Waals surface area contributed by atoms with Gasteiger partial charge in [0.25, 0.3) is 0 Å². The normalized spacial score (nSPS) is 12.3. The van der Waals surface area contributed by atoms with Crippen LogP contribution in [0.4, 0.5) is 11.4 Å². The third-order valence-corrected chi connectivity index (χ3v) is 5.67. The molecule has 0 spiro atoms. The fourth-order valence-electron chi connectivity index (χ4n) is 2.67. The zero-order chi connectivity index (χ0) is 19.3. The fraction of sp³-hybridized carbons (Fsp3) is 0.316. The van der Waals surface area contributed by atoms with Gasteiger partial charge in [0.1, 0.15) is 0 Å². The first-order valence-electron chi connectivity index (χ1n) is 8.39. The molecule has 26 heavy (non-hydrogen) atoms. The standard InChI is InChI=1S/C19H25N3O2S2/c1-5-18(17-12-7-6-9-14(17)2)21-19(25)20-15-10-8-11-16(13-15)22(3)26(4,23)24/h6-13,18H,5H2,1-4H3,(H2,20,21,25)/t18-/m1/s1. The molecule has 0 saturated heterocycles. The van der Waals surface area contributed by atoms with E-state index < -0.39 is 10.0 Å². The lowest BCUT2D eigenvalue weighted by Gasteiger charge is -2.22. The first-order valence-corrected chi connectivity index (χ1v) is 10.6. The van der Waals surface area contributed by atoms with Gasteiger partial charge < -0.3 is 10.6 Å². The molecular formula is C19H25N3O2S2. The van der Waals surface area contributed by atoms with Crippen molar-refractivity contribution in [2.75, 3.05) is 22.9 Å². The SMILES string of the molecule is CC[C@@H](NC(=S)Nc1cccc(N(C)S(C)(=O)=O)c1)c1ccccc1C. The van der Waals surface area contributed by atoms with Crippen LogP contribution >= 0.6 is 12.2 Å². The molecule has 2 aromatic rings. The number of benzene rings is 2. The Morgan fingerprint density at radius 1 is 1.19 bits per heavy atom. The van der Waals surface area contributed by atoms with Crippen molar-refractivity contribution in [3.8, 4) is 0 Å². The summed E-state index contributed by atoms with van der Waals surface area (Å²) in [6.07, 6.45) is 2.07. The second kappa shape index (κ2) is 8.51. The predicted molar refractivity (Wildman–Crippen MR) is 113 cm³/mol. The molecule has 0 bridgehead atoms. The van der Waals surface area contributed by atoms with Crippen molar-refractivity contribution < 1.29 is 8.42 Å². The Bertz CT molecular complexity index is 882. The maximum Gasteiger partial charge on any atom is 0.231 e. The molecular weight excluding hydrogens is 366 g/mol. The summed E-state index contributed by atoms with van der Waals surface area (Å²) in [5.74, 6) is 0. The van der Waals surface area contributed by atoms with Gasteiger partial charge >= 0.3 is 0 Å². The van der Waals surface area contributed by atoms with Crippen molar-refractivity contribution in [2.45, 2.75) is 26.3 Å². The van der Waals surface area contributed by atoms with Gasteiger partial charge in [-0.25, -0.2) is 8.42 Å². The first-order chi connectivity index (χ1) is 12.2. The number of hydrogen-bond acceptors (Lipinski definition) is 3. The predicted octanol–water partition coefficient (Wildman–Crippen LogP) is 3.83. The lowest BCUT2D eigenvalue weighted by atomic mass is 10.00. The van der Waals surface area contributed by atoms with E-state index in [1.165, 1.54) is 28.7 Å². The van der Waals surface area contributed by atoms with Gasteiger partial charge in [-0.05, 0) is 54.9 Å². The Balaban J connectivity index is 2.11. The highest BCUT2D eigenvalue weighted by Gasteiger charge is 2.14. The minimum absolute atomic E-state index is 0.109. The quantitative estimate of drug-likeness (QED) is 0.733. The summed E-state index contributed by atoms with van der Waals surface area (Å²) in [5.41, 5.74) is 3.73. The average Bonchev–Trinajstić information content (AvgIpc) is 2.59. The third-order valence-electron chi connectivity index (χ3n) is 4.24. The van der Waals surface area contributed by atoms with Gasteiger partial charge in [0.2, 0.25) is 10.0 Å². The first kappa shape index (κ1) is 20.2. The smallest absolute Gasteiger partial charge is 0.231 e. The number of aryl methyl sites for hydroxylation is 1. The van der Waals surface area contributed by atoms with Crippen LogP contribution in [0.1, 0.15) is 30.5 Å². The van der Waals surface area contributed by atoms with E-state index in [0.29, 0.717) is 10.8 Å². The molecule has 2 N–H and O–H groups in total. The summed E-state index contributed by atoms with van der Waals surface area (Å²) < 4.78 is 24.6. The summed E-state index contributed by atoms with van der Waals surface area (Å²) >= 11 is 5.45. The fourth-order valence-corrected chi connectivity index (χ4v) is 3.43. The zero-order valence-corrected chi connectivity index (χ0v) is 17.1. The molecule has 7 heteroatoms. The monoisotopic (exact) mass is 391 g/mol. The largest absolute Gasteiger partial charge is 0.356 e. The minimum Gasteiger partial charge on any atom is -0.356 e. The second-order valence-corrected chi connectivity index (χ2v) is 8.62. The second-order valence-electron chi connectivity index (χ2n) is 6.20. The van der Waals surface area contributed by atoms with Gasteiger partial charge in [-0.3, -0.25) is 4.31 Å². The van der Waals surface area contributed by atoms with Crippen LogP contribution in [0.3, 0.4) is 0 Å². The van der Waals surface area contributed by atoms with Crippen LogP contribution < -0.4 is 14.9 Å². The molecule has 1 atom stereocenters. The van der Waals surface area contributed by atoms with Gasteiger partial charge in [-0.15, -0.1) is 0 Å². The van der Waals surface area contributed by atoms with Gasteiger partial charge in [-0.2, -0.15) is 0 Å². The molecule has 0 aliphatic rings. The Morgan fingerprint density at radius 3 is 2.50 bits per heavy atom. The molecule has 0 aliphatic carbocycles. The molecule has 0 fully saturated rings. The molecule has 2 rings (SSSR count). The van der Waals surface area contributed by atoms with Crippen molar-refractivity contribution in [1.29, 1.82) is 0 Å². The van der Waals surface area contributed by atoms with Crippen molar-refractivity contribution in [3.63, 3.8) is 0 Å². The number of sulfonamides is 1. The zero-order valence-electron chi connectivity index (χ0n) is 15.5. The maximum atomic E-state index is 11.7. The highest BCUT2D eigenvalue weighted by atomic mass is 32.2.